The van der Waals surface area contributed by atoms with Gasteiger partial charge in [-0.2, -0.15) is 0 Å². The number of aliphatic hydroxyl groups is 2. The number of piperidine rings is 1. The number of aliphatic hydroxyl groups excluding tert-OH is 2. The van der Waals surface area contributed by atoms with Gasteiger partial charge in [-0.3, -0.25) is 4.90 Å². The van der Waals surface area contributed by atoms with Crippen LogP contribution < -0.4 is 5.32 Å². The quantitative estimate of drug-likeness (QED) is 0.684. The van der Waals surface area contributed by atoms with E-state index in [1.165, 1.54) is 11.1 Å². The molecule has 150 valence electrons. The SMILES string of the molecule is CN1CCC(NC[C@H]2O[C@@H](CO)[C@@H](O)[C@H]2N2CCc3ccccc3C2)CC1. The molecular formula is C21H33N3O3. The molecule has 2 fully saturated rings. The molecule has 0 bridgehead atoms. The third kappa shape index (κ3) is 4.21. The highest BCUT2D eigenvalue weighted by atomic mass is 16.5. The Bertz CT molecular complexity index is 620. The molecule has 4 atom stereocenters. The number of nitrogens with one attached hydrogen (secondary N) is 1. The smallest absolute Gasteiger partial charge is 0.109 e. The Hall–Kier alpha value is -1.02. The van der Waals surface area contributed by atoms with Crippen molar-refractivity contribution in [2.24, 2.45) is 0 Å². The molecule has 3 N–H and O–H groups in total. The summed E-state index contributed by atoms with van der Waals surface area (Å²) < 4.78 is 6.07. The minimum absolute atomic E-state index is 0.0747. The molecule has 6 nitrogen and oxygen atoms in total. The molecule has 3 aliphatic heterocycles. The van der Waals surface area contributed by atoms with E-state index in [4.69, 9.17) is 4.74 Å². The number of ether oxygens (including phenoxy) is 1. The van der Waals surface area contributed by atoms with Gasteiger partial charge in [0.15, 0.2) is 0 Å². The molecule has 0 spiro atoms. The molecule has 0 radical (unpaired) electrons. The number of benzene rings is 1. The highest BCUT2D eigenvalue weighted by molar-refractivity contribution is 5.29. The number of likely N-dealkylation sites (tertiary alicyclic amines) is 1. The van der Waals surface area contributed by atoms with E-state index >= 15 is 0 Å². The lowest BCUT2D eigenvalue weighted by Gasteiger charge is -2.38. The van der Waals surface area contributed by atoms with Crippen LogP contribution in [0.1, 0.15) is 24.0 Å². The monoisotopic (exact) mass is 375 g/mol. The Balaban J connectivity index is 1.42. The van der Waals surface area contributed by atoms with Gasteiger partial charge < -0.3 is 25.2 Å². The van der Waals surface area contributed by atoms with Crippen molar-refractivity contribution in [1.82, 2.24) is 15.1 Å². The van der Waals surface area contributed by atoms with Gasteiger partial charge in [0.25, 0.3) is 0 Å². The lowest BCUT2D eigenvalue weighted by Crippen LogP contribution is -2.53. The molecule has 27 heavy (non-hydrogen) atoms. The van der Waals surface area contributed by atoms with Crippen LogP contribution in [0.3, 0.4) is 0 Å². The maximum Gasteiger partial charge on any atom is 0.109 e. The summed E-state index contributed by atoms with van der Waals surface area (Å²) in [7, 11) is 2.17. The zero-order chi connectivity index (χ0) is 18.8. The molecule has 0 aromatic heterocycles. The summed E-state index contributed by atoms with van der Waals surface area (Å²) in [5.41, 5.74) is 2.74. The predicted octanol–water partition coefficient (Wildman–Crippen LogP) is 0.218. The summed E-state index contributed by atoms with van der Waals surface area (Å²) in [4.78, 5) is 4.72. The van der Waals surface area contributed by atoms with E-state index in [9.17, 15) is 10.2 Å². The van der Waals surface area contributed by atoms with Gasteiger partial charge in [-0.25, -0.2) is 0 Å². The second kappa shape index (κ2) is 8.55. The molecule has 1 aromatic carbocycles. The largest absolute Gasteiger partial charge is 0.394 e. The maximum absolute atomic E-state index is 10.8. The molecule has 2 saturated heterocycles. The van der Waals surface area contributed by atoms with Crippen molar-refractivity contribution >= 4 is 0 Å². The van der Waals surface area contributed by atoms with E-state index < -0.39 is 12.2 Å². The van der Waals surface area contributed by atoms with Crippen molar-refractivity contribution in [2.75, 3.05) is 39.8 Å². The predicted molar refractivity (Wildman–Crippen MR) is 105 cm³/mol. The molecule has 0 aliphatic carbocycles. The number of fused-ring (bicyclic) bond motifs is 1. The summed E-state index contributed by atoms with van der Waals surface area (Å²) in [5, 5.41) is 24.1. The highest BCUT2D eigenvalue weighted by Gasteiger charge is 2.46. The van der Waals surface area contributed by atoms with Crippen molar-refractivity contribution < 1.29 is 14.9 Å². The van der Waals surface area contributed by atoms with Crippen LogP contribution in [0.4, 0.5) is 0 Å². The first-order valence-corrected chi connectivity index (χ1v) is 10.3. The van der Waals surface area contributed by atoms with E-state index in [0.717, 1.165) is 52.0 Å². The van der Waals surface area contributed by atoms with Crippen LogP contribution in [0.15, 0.2) is 24.3 Å². The molecule has 0 unspecified atom stereocenters. The van der Waals surface area contributed by atoms with E-state index in [1.54, 1.807) is 0 Å². The minimum atomic E-state index is -0.649. The van der Waals surface area contributed by atoms with Gasteiger partial charge in [0, 0.05) is 25.7 Å². The zero-order valence-electron chi connectivity index (χ0n) is 16.3. The zero-order valence-corrected chi connectivity index (χ0v) is 16.3. The van der Waals surface area contributed by atoms with Crippen LogP contribution in [0, 0.1) is 0 Å². The van der Waals surface area contributed by atoms with Gasteiger partial charge >= 0.3 is 0 Å². The van der Waals surface area contributed by atoms with Crippen molar-refractivity contribution in [3.63, 3.8) is 0 Å². The molecule has 3 heterocycles. The maximum atomic E-state index is 10.8. The van der Waals surface area contributed by atoms with E-state index in [-0.39, 0.29) is 18.8 Å². The van der Waals surface area contributed by atoms with Crippen LogP contribution in [0.5, 0.6) is 0 Å². The van der Waals surface area contributed by atoms with Crippen LogP contribution in [0.2, 0.25) is 0 Å². The van der Waals surface area contributed by atoms with Crippen LogP contribution >= 0.6 is 0 Å². The van der Waals surface area contributed by atoms with E-state index in [0.29, 0.717) is 6.04 Å². The van der Waals surface area contributed by atoms with Gasteiger partial charge in [0.1, 0.15) is 12.2 Å². The molecule has 3 aliphatic rings. The van der Waals surface area contributed by atoms with E-state index in [1.807, 2.05) is 0 Å². The first kappa shape index (κ1) is 19.3. The fourth-order valence-electron chi connectivity index (χ4n) is 4.86. The first-order chi connectivity index (χ1) is 13.2. The minimum Gasteiger partial charge on any atom is -0.394 e. The summed E-state index contributed by atoms with van der Waals surface area (Å²) >= 11 is 0. The lowest BCUT2D eigenvalue weighted by molar-refractivity contribution is -0.0222. The van der Waals surface area contributed by atoms with Crippen LogP contribution in [0.25, 0.3) is 0 Å². The van der Waals surface area contributed by atoms with Crippen molar-refractivity contribution in [3.8, 4) is 0 Å². The lowest BCUT2D eigenvalue weighted by atomic mass is 9.95. The van der Waals surface area contributed by atoms with Gasteiger partial charge in [-0.15, -0.1) is 0 Å². The Kier molecular flexibility index (Phi) is 6.12. The topological polar surface area (TPSA) is 68.2 Å². The van der Waals surface area contributed by atoms with Crippen LogP contribution in [-0.4, -0.2) is 90.2 Å². The molecular weight excluding hydrogens is 342 g/mol. The highest BCUT2D eigenvalue weighted by Crippen LogP contribution is 2.30. The number of hydrogen-bond donors (Lipinski definition) is 3. The van der Waals surface area contributed by atoms with Gasteiger partial charge in [0.2, 0.25) is 0 Å². The van der Waals surface area contributed by atoms with Crippen LogP contribution in [-0.2, 0) is 17.7 Å². The molecule has 0 amide bonds. The average molecular weight is 376 g/mol. The summed E-state index contributed by atoms with van der Waals surface area (Å²) in [5.74, 6) is 0. The van der Waals surface area contributed by atoms with Gasteiger partial charge in [0.05, 0.1) is 18.8 Å². The Morgan fingerprint density at radius 1 is 1.11 bits per heavy atom. The fraction of sp³-hybridized carbons (Fsp3) is 0.714. The second-order valence-corrected chi connectivity index (χ2v) is 8.35. The number of nitrogens with zero attached hydrogens (tertiary/aromatic N) is 2. The van der Waals surface area contributed by atoms with Crippen molar-refractivity contribution in [3.05, 3.63) is 35.4 Å². The third-order valence-corrected chi connectivity index (χ3v) is 6.55. The van der Waals surface area contributed by atoms with Gasteiger partial charge in [-0.05, 0) is 50.5 Å². The fourth-order valence-corrected chi connectivity index (χ4v) is 4.86. The first-order valence-electron chi connectivity index (χ1n) is 10.3. The molecule has 1 aromatic rings. The Labute approximate surface area is 162 Å². The molecule has 6 heteroatoms. The number of hydrogen-bond acceptors (Lipinski definition) is 6. The summed E-state index contributed by atoms with van der Waals surface area (Å²) in [6.07, 6.45) is 2.06. The van der Waals surface area contributed by atoms with Gasteiger partial charge in [-0.1, -0.05) is 24.3 Å². The Morgan fingerprint density at radius 2 is 1.85 bits per heavy atom. The van der Waals surface area contributed by atoms with E-state index in [2.05, 4.69) is 46.4 Å². The normalized spacial score (nSPS) is 33.3. The molecule has 4 rings (SSSR count). The number of rotatable bonds is 5. The molecule has 0 saturated carbocycles. The van der Waals surface area contributed by atoms with Crippen molar-refractivity contribution in [2.45, 2.75) is 56.2 Å². The Morgan fingerprint density at radius 3 is 2.59 bits per heavy atom. The summed E-state index contributed by atoms with van der Waals surface area (Å²) in [6, 6.07) is 8.99. The standard InChI is InChI=1S/C21H33N3O3/c1-23-9-7-17(8-10-23)22-12-18-20(21(26)19(14-25)27-18)24-11-6-15-4-2-3-5-16(15)13-24/h2-5,17-22,25-26H,6-14H2,1H3/t18-,19+,20+,21-/m1/s1. The second-order valence-electron chi connectivity index (χ2n) is 8.35. The average Bonchev–Trinajstić information content (AvgIpc) is 3.02. The summed E-state index contributed by atoms with van der Waals surface area (Å²) in [6.45, 7) is 4.60. The third-order valence-electron chi connectivity index (χ3n) is 6.55. The van der Waals surface area contributed by atoms with Crippen molar-refractivity contribution in [1.29, 1.82) is 0 Å².